The molecule has 106 valence electrons. The molecule has 0 aliphatic heterocycles. The molecule has 0 aliphatic carbocycles. The van der Waals surface area contributed by atoms with Gasteiger partial charge in [0.2, 0.25) is 0 Å². The third kappa shape index (κ3) is 4.07. The number of halogens is 1. The van der Waals surface area contributed by atoms with Gasteiger partial charge in [0.1, 0.15) is 5.82 Å². The van der Waals surface area contributed by atoms with Crippen molar-refractivity contribution >= 4 is 5.69 Å². The van der Waals surface area contributed by atoms with E-state index in [1.807, 2.05) is 24.3 Å². The molecule has 0 bridgehead atoms. The number of benzene rings is 2. The van der Waals surface area contributed by atoms with E-state index in [2.05, 4.69) is 36.4 Å². The van der Waals surface area contributed by atoms with Crippen molar-refractivity contribution in [2.45, 2.75) is 20.0 Å². The van der Waals surface area contributed by atoms with Gasteiger partial charge in [0.15, 0.2) is 0 Å². The number of anilines is 1. The minimum Gasteiger partial charge on any atom is -0.381 e. The Morgan fingerprint density at radius 2 is 1.85 bits per heavy atom. The second kappa shape index (κ2) is 6.53. The summed E-state index contributed by atoms with van der Waals surface area (Å²) in [6.07, 6.45) is 0. The Kier molecular flexibility index (Phi) is 4.74. The summed E-state index contributed by atoms with van der Waals surface area (Å²) in [4.78, 5) is 2.13. The zero-order chi connectivity index (χ0) is 14.5. The first-order valence-corrected chi connectivity index (χ1v) is 6.77. The average molecular weight is 272 g/mol. The second-order valence-corrected chi connectivity index (χ2v) is 5.38. The summed E-state index contributed by atoms with van der Waals surface area (Å²) >= 11 is 0. The van der Waals surface area contributed by atoms with Crippen LogP contribution < -0.4 is 5.32 Å². The zero-order valence-corrected chi connectivity index (χ0v) is 12.3. The number of nitrogens with one attached hydrogen (secondary N) is 1. The van der Waals surface area contributed by atoms with Crippen molar-refractivity contribution in [1.29, 1.82) is 0 Å². The topological polar surface area (TPSA) is 15.3 Å². The smallest absolute Gasteiger partial charge is 0.126 e. The highest BCUT2D eigenvalue weighted by Gasteiger charge is 2.01. The Morgan fingerprint density at radius 1 is 1.05 bits per heavy atom. The molecule has 1 N–H and O–H groups in total. The van der Waals surface area contributed by atoms with Crippen LogP contribution in [-0.4, -0.2) is 19.0 Å². The molecule has 0 aromatic heterocycles. The fourth-order valence-corrected chi connectivity index (χ4v) is 2.10. The van der Waals surface area contributed by atoms with Crippen LogP contribution in [0.15, 0.2) is 42.5 Å². The standard InChI is InChI=1S/C17H21FN2/c1-13-7-8-14(10-17(13)18)11-19-16-6-4-5-15(9-16)12-20(2)3/h4-10,19H,11-12H2,1-3H3. The van der Waals surface area contributed by atoms with Gasteiger partial charge < -0.3 is 10.2 Å². The van der Waals surface area contributed by atoms with Crippen LogP contribution in [0.2, 0.25) is 0 Å². The maximum Gasteiger partial charge on any atom is 0.126 e. The zero-order valence-electron chi connectivity index (χ0n) is 12.3. The highest BCUT2D eigenvalue weighted by atomic mass is 19.1. The lowest BCUT2D eigenvalue weighted by Crippen LogP contribution is -2.10. The van der Waals surface area contributed by atoms with Crippen molar-refractivity contribution in [3.8, 4) is 0 Å². The molecule has 0 spiro atoms. The predicted octanol–water partition coefficient (Wildman–Crippen LogP) is 3.81. The Morgan fingerprint density at radius 3 is 2.55 bits per heavy atom. The molecule has 2 aromatic rings. The molecule has 2 aromatic carbocycles. The van der Waals surface area contributed by atoms with Gasteiger partial charge in [0, 0.05) is 18.8 Å². The van der Waals surface area contributed by atoms with Crippen LogP contribution in [0.5, 0.6) is 0 Å². The third-order valence-electron chi connectivity index (χ3n) is 3.16. The lowest BCUT2D eigenvalue weighted by molar-refractivity contribution is 0.402. The molecule has 0 heterocycles. The van der Waals surface area contributed by atoms with Crippen LogP contribution in [0, 0.1) is 12.7 Å². The maximum atomic E-state index is 13.5. The molecule has 2 nitrogen and oxygen atoms in total. The van der Waals surface area contributed by atoms with Gasteiger partial charge in [-0.1, -0.05) is 24.3 Å². The molecule has 0 unspecified atom stereocenters. The minimum absolute atomic E-state index is 0.148. The SMILES string of the molecule is Cc1ccc(CNc2cccc(CN(C)C)c2)cc1F. The van der Waals surface area contributed by atoms with Crippen LogP contribution in [0.3, 0.4) is 0 Å². The van der Waals surface area contributed by atoms with E-state index >= 15 is 0 Å². The molecule has 2 rings (SSSR count). The third-order valence-corrected chi connectivity index (χ3v) is 3.16. The Balaban J connectivity index is 2.01. The highest BCUT2D eigenvalue weighted by Crippen LogP contribution is 2.14. The van der Waals surface area contributed by atoms with Gasteiger partial charge in [-0.05, 0) is 55.9 Å². The van der Waals surface area contributed by atoms with Crippen LogP contribution in [-0.2, 0) is 13.1 Å². The fraction of sp³-hybridized carbons (Fsp3) is 0.294. The van der Waals surface area contributed by atoms with E-state index in [1.165, 1.54) is 5.56 Å². The van der Waals surface area contributed by atoms with Gasteiger partial charge in [-0.2, -0.15) is 0 Å². The molecule has 0 atom stereocenters. The number of nitrogens with zero attached hydrogens (tertiary/aromatic N) is 1. The summed E-state index contributed by atoms with van der Waals surface area (Å²) in [6.45, 7) is 3.31. The normalized spacial score (nSPS) is 10.8. The van der Waals surface area contributed by atoms with E-state index in [4.69, 9.17) is 0 Å². The molecule has 0 saturated carbocycles. The first-order chi connectivity index (χ1) is 9.54. The van der Waals surface area contributed by atoms with Crippen molar-refractivity contribution in [1.82, 2.24) is 4.90 Å². The Hall–Kier alpha value is -1.87. The first kappa shape index (κ1) is 14.5. The van der Waals surface area contributed by atoms with E-state index in [0.717, 1.165) is 17.8 Å². The summed E-state index contributed by atoms with van der Waals surface area (Å²) < 4.78 is 13.5. The van der Waals surface area contributed by atoms with Gasteiger partial charge in [0.25, 0.3) is 0 Å². The van der Waals surface area contributed by atoms with E-state index < -0.39 is 0 Å². The highest BCUT2D eigenvalue weighted by molar-refractivity contribution is 5.46. The molecule has 20 heavy (non-hydrogen) atoms. The molecule has 0 aliphatic rings. The van der Waals surface area contributed by atoms with Gasteiger partial charge in [-0.15, -0.1) is 0 Å². The Bertz CT molecular complexity index is 579. The lowest BCUT2D eigenvalue weighted by Gasteiger charge is -2.12. The van der Waals surface area contributed by atoms with Crippen molar-refractivity contribution in [2.75, 3.05) is 19.4 Å². The summed E-state index contributed by atoms with van der Waals surface area (Å²) in [6, 6.07) is 13.7. The van der Waals surface area contributed by atoms with E-state index in [1.54, 1.807) is 13.0 Å². The summed E-state index contributed by atoms with van der Waals surface area (Å²) in [5.74, 6) is -0.148. The number of rotatable bonds is 5. The minimum atomic E-state index is -0.148. The molecular formula is C17H21FN2. The van der Waals surface area contributed by atoms with Crippen LogP contribution in [0.1, 0.15) is 16.7 Å². The van der Waals surface area contributed by atoms with E-state index in [9.17, 15) is 4.39 Å². The molecule has 3 heteroatoms. The molecule has 0 amide bonds. The number of hydrogen-bond acceptors (Lipinski definition) is 2. The van der Waals surface area contributed by atoms with Crippen LogP contribution in [0.4, 0.5) is 10.1 Å². The average Bonchev–Trinajstić information content (AvgIpc) is 2.40. The van der Waals surface area contributed by atoms with E-state index in [-0.39, 0.29) is 5.82 Å². The van der Waals surface area contributed by atoms with Crippen LogP contribution >= 0.6 is 0 Å². The van der Waals surface area contributed by atoms with Crippen LogP contribution in [0.25, 0.3) is 0 Å². The summed E-state index contributed by atoms with van der Waals surface area (Å²) in [5, 5.41) is 3.34. The van der Waals surface area contributed by atoms with Crippen molar-refractivity contribution in [3.05, 3.63) is 65.0 Å². The molecule has 0 saturated heterocycles. The summed E-state index contributed by atoms with van der Waals surface area (Å²) in [5.41, 5.74) is 3.95. The monoisotopic (exact) mass is 272 g/mol. The predicted molar refractivity (Wildman–Crippen MR) is 82.3 cm³/mol. The lowest BCUT2D eigenvalue weighted by atomic mass is 10.1. The number of hydrogen-bond donors (Lipinski definition) is 1. The van der Waals surface area contributed by atoms with Crippen molar-refractivity contribution in [3.63, 3.8) is 0 Å². The van der Waals surface area contributed by atoms with Gasteiger partial charge >= 0.3 is 0 Å². The molecule has 0 radical (unpaired) electrons. The van der Waals surface area contributed by atoms with Gasteiger partial charge in [0.05, 0.1) is 0 Å². The van der Waals surface area contributed by atoms with Gasteiger partial charge in [-0.25, -0.2) is 4.39 Å². The largest absolute Gasteiger partial charge is 0.381 e. The number of aryl methyl sites for hydroxylation is 1. The fourth-order valence-electron chi connectivity index (χ4n) is 2.10. The van der Waals surface area contributed by atoms with Gasteiger partial charge in [-0.3, -0.25) is 0 Å². The summed E-state index contributed by atoms with van der Waals surface area (Å²) in [7, 11) is 4.10. The maximum absolute atomic E-state index is 13.5. The quantitative estimate of drug-likeness (QED) is 0.890. The Labute approximate surface area is 120 Å². The van der Waals surface area contributed by atoms with Crippen molar-refractivity contribution in [2.24, 2.45) is 0 Å². The van der Waals surface area contributed by atoms with Crippen molar-refractivity contribution < 1.29 is 4.39 Å². The first-order valence-electron chi connectivity index (χ1n) is 6.77. The molecule has 0 fully saturated rings. The van der Waals surface area contributed by atoms with E-state index in [0.29, 0.717) is 12.1 Å². The second-order valence-electron chi connectivity index (χ2n) is 5.38. The molecular weight excluding hydrogens is 251 g/mol.